The standard InChI is InChI=1S/C7H16N2/c1-2-3-4-5-6-7-8-9-7/h7-9H,2-6H2,1H3. The monoisotopic (exact) mass is 128 g/mol. The van der Waals surface area contributed by atoms with Gasteiger partial charge in [-0.05, 0) is 6.42 Å². The molecule has 0 aromatic rings. The van der Waals surface area contributed by atoms with Gasteiger partial charge in [-0.3, -0.25) is 0 Å². The van der Waals surface area contributed by atoms with Crippen LogP contribution in [0.2, 0.25) is 0 Å². The third-order valence-corrected chi connectivity index (χ3v) is 1.69. The molecule has 0 amide bonds. The van der Waals surface area contributed by atoms with Crippen LogP contribution >= 0.6 is 0 Å². The first-order chi connectivity index (χ1) is 4.43. The largest absolute Gasteiger partial charge is 0.238 e. The minimum atomic E-state index is 0.654. The normalized spacial score (nSPS) is 18.3. The molecule has 1 aliphatic heterocycles. The van der Waals surface area contributed by atoms with Gasteiger partial charge in [0.2, 0.25) is 0 Å². The molecule has 2 heteroatoms. The number of hydrazine groups is 1. The minimum absolute atomic E-state index is 0.654. The molecule has 1 aliphatic rings. The van der Waals surface area contributed by atoms with Crippen LogP contribution in [0, 0.1) is 0 Å². The molecule has 0 unspecified atom stereocenters. The molecule has 0 aromatic carbocycles. The lowest BCUT2D eigenvalue weighted by Gasteiger charge is -1.93. The molecular weight excluding hydrogens is 112 g/mol. The first kappa shape index (κ1) is 7.03. The maximum absolute atomic E-state index is 3.06. The molecule has 0 saturated carbocycles. The minimum Gasteiger partial charge on any atom is -0.238 e. The average Bonchev–Trinajstić information content (AvgIpc) is 2.63. The number of hydrogen-bond donors (Lipinski definition) is 2. The van der Waals surface area contributed by atoms with Crippen molar-refractivity contribution >= 4 is 0 Å². The fourth-order valence-electron chi connectivity index (χ4n) is 0.979. The Kier molecular flexibility index (Phi) is 3.01. The third-order valence-electron chi connectivity index (χ3n) is 1.69. The highest BCUT2D eigenvalue weighted by molar-refractivity contribution is 4.70. The summed E-state index contributed by atoms with van der Waals surface area (Å²) in [6, 6.07) is 0. The molecule has 2 N–H and O–H groups in total. The number of nitrogens with one attached hydrogen (secondary N) is 2. The van der Waals surface area contributed by atoms with E-state index in [4.69, 9.17) is 0 Å². The Morgan fingerprint density at radius 3 is 2.44 bits per heavy atom. The van der Waals surface area contributed by atoms with Crippen LogP contribution in [0.15, 0.2) is 0 Å². The topological polar surface area (TPSA) is 43.9 Å². The highest BCUT2D eigenvalue weighted by Gasteiger charge is 2.16. The maximum Gasteiger partial charge on any atom is 0.0833 e. The van der Waals surface area contributed by atoms with Crippen LogP contribution in [0.4, 0.5) is 0 Å². The van der Waals surface area contributed by atoms with Crippen molar-refractivity contribution in [3.8, 4) is 0 Å². The van der Waals surface area contributed by atoms with Gasteiger partial charge in [-0.15, -0.1) is 0 Å². The van der Waals surface area contributed by atoms with Crippen LogP contribution in [-0.4, -0.2) is 6.17 Å². The highest BCUT2D eigenvalue weighted by Crippen LogP contribution is 2.06. The highest BCUT2D eigenvalue weighted by atomic mass is 15.6. The second-order valence-electron chi connectivity index (χ2n) is 2.69. The SMILES string of the molecule is CCCCCCC1NN1. The van der Waals surface area contributed by atoms with Gasteiger partial charge in [-0.2, -0.15) is 0 Å². The predicted molar refractivity (Wildman–Crippen MR) is 38.8 cm³/mol. The van der Waals surface area contributed by atoms with Crippen LogP contribution in [0.5, 0.6) is 0 Å². The fraction of sp³-hybridized carbons (Fsp3) is 1.00. The van der Waals surface area contributed by atoms with Crippen LogP contribution in [0.1, 0.15) is 39.0 Å². The third kappa shape index (κ3) is 3.49. The Labute approximate surface area is 57.0 Å². The van der Waals surface area contributed by atoms with Crippen molar-refractivity contribution < 1.29 is 0 Å². The van der Waals surface area contributed by atoms with Gasteiger partial charge < -0.3 is 0 Å². The summed E-state index contributed by atoms with van der Waals surface area (Å²) >= 11 is 0. The average molecular weight is 128 g/mol. The zero-order valence-electron chi connectivity index (χ0n) is 6.11. The number of rotatable bonds is 5. The molecule has 1 saturated heterocycles. The van der Waals surface area contributed by atoms with Gasteiger partial charge in [0.15, 0.2) is 0 Å². The zero-order chi connectivity index (χ0) is 6.53. The second-order valence-corrected chi connectivity index (χ2v) is 2.69. The van der Waals surface area contributed by atoms with E-state index in [1.807, 2.05) is 0 Å². The van der Waals surface area contributed by atoms with E-state index in [0.29, 0.717) is 6.17 Å². The smallest absolute Gasteiger partial charge is 0.0833 e. The van der Waals surface area contributed by atoms with E-state index in [9.17, 15) is 0 Å². The molecule has 9 heavy (non-hydrogen) atoms. The van der Waals surface area contributed by atoms with Crippen molar-refractivity contribution in [2.75, 3.05) is 0 Å². The van der Waals surface area contributed by atoms with Crippen molar-refractivity contribution in [2.24, 2.45) is 0 Å². The molecule has 0 aliphatic carbocycles. The van der Waals surface area contributed by atoms with Gasteiger partial charge in [-0.25, -0.2) is 10.9 Å². The van der Waals surface area contributed by atoms with E-state index in [-0.39, 0.29) is 0 Å². The Morgan fingerprint density at radius 2 is 1.89 bits per heavy atom. The molecule has 54 valence electrons. The van der Waals surface area contributed by atoms with Gasteiger partial charge in [0, 0.05) is 0 Å². The summed E-state index contributed by atoms with van der Waals surface area (Å²) in [5, 5.41) is 0. The summed E-state index contributed by atoms with van der Waals surface area (Å²) in [6.07, 6.45) is 7.47. The van der Waals surface area contributed by atoms with Crippen LogP contribution in [0.25, 0.3) is 0 Å². The second kappa shape index (κ2) is 3.85. The quantitative estimate of drug-likeness (QED) is 0.434. The first-order valence-corrected chi connectivity index (χ1v) is 3.94. The van der Waals surface area contributed by atoms with Gasteiger partial charge in [0.25, 0.3) is 0 Å². The summed E-state index contributed by atoms with van der Waals surface area (Å²) < 4.78 is 0. The fourth-order valence-corrected chi connectivity index (χ4v) is 0.979. The first-order valence-electron chi connectivity index (χ1n) is 3.94. The Bertz CT molecular complexity index is 69.3. The van der Waals surface area contributed by atoms with Crippen molar-refractivity contribution in [1.82, 2.24) is 10.9 Å². The molecule has 0 aromatic heterocycles. The van der Waals surface area contributed by atoms with Gasteiger partial charge in [0.05, 0.1) is 6.17 Å². The van der Waals surface area contributed by atoms with E-state index in [0.717, 1.165) is 0 Å². The lowest BCUT2D eigenvalue weighted by molar-refractivity contribution is 0.622. The van der Waals surface area contributed by atoms with Crippen LogP contribution < -0.4 is 10.9 Å². The zero-order valence-corrected chi connectivity index (χ0v) is 6.11. The summed E-state index contributed by atoms with van der Waals surface area (Å²) in [6.45, 7) is 2.24. The molecule has 2 nitrogen and oxygen atoms in total. The maximum atomic E-state index is 3.06. The predicted octanol–water partition coefficient (Wildman–Crippen LogP) is 1.39. The lowest BCUT2D eigenvalue weighted by Crippen LogP contribution is -1.90. The number of hydrogen-bond acceptors (Lipinski definition) is 2. The summed E-state index contributed by atoms with van der Waals surface area (Å²) in [5.74, 6) is 0. The molecule has 0 atom stereocenters. The van der Waals surface area contributed by atoms with Crippen molar-refractivity contribution in [3.05, 3.63) is 0 Å². The van der Waals surface area contributed by atoms with E-state index in [1.54, 1.807) is 0 Å². The Balaban J connectivity index is 1.71. The van der Waals surface area contributed by atoms with E-state index in [1.165, 1.54) is 32.1 Å². The molecule has 1 heterocycles. The van der Waals surface area contributed by atoms with E-state index >= 15 is 0 Å². The molecular formula is C7H16N2. The summed E-state index contributed by atoms with van der Waals surface area (Å²) in [7, 11) is 0. The summed E-state index contributed by atoms with van der Waals surface area (Å²) in [4.78, 5) is 0. The van der Waals surface area contributed by atoms with Crippen LogP contribution in [-0.2, 0) is 0 Å². The van der Waals surface area contributed by atoms with Crippen molar-refractivity contribution in [3.63, 3.8) is 0 Å². The molecule has 1 fully saturated rings. The van der Waals surface area contributed by atoms with Crippen molar-refractivity contribution in [2.45, 2.75) is 45.2 Å². The van der Waals surface area contributed by atoms with Gasteiger partial charge >= 0.3 is 0 Å². The Morgan fingerprint density at radius 1 is 1.11 bits per heavy atom. The molecule has 0 bridgehead atoms. The van der Waals surface area contributed by atoms with Crippen LogP contribution in [0.3, 0.4) is 0 Å². The van der Waals surface area contributed by atoms with Gasteiger partial charge in [-0.1, -0.05) is 32.6 Å². The summed E-state index contributed by atoms with van der Waals surface area (Å²) in [5.41, 5.74) is 6.12. The molecule has 1 rings (SSSR count). The van der Waals surface area contributed by atoms with E-state index < -0.39 is 0 Å². The number of unbranched alkanes of at least 4 members (excludes halogenated alkanes) is 3. The lowest BCUT2D eigenvalue weighted by atomic mass is 10.1. The van der Waals surface area contributed by atoms with Crippen molar-refractivity contribution in [1.29, 1.82) is 0 Å². The Hall–Kier alpha value is -0.0800. The van der Waals surface area contributed by atoms with E-state index in [2.05, 4.69) is 17.8 Å². The molecule has 0 spiro atoms. The van der Waals surface area contributed by atoms with Gasteiger partial charge in [0.1, 0.15) is 0 Å². The molecule has 0 radical (unpaired) electrons.